The molecule has 0 aliphatic rings. The van der Waals surface area contributed by atoms with Gasteiger partial charge in [-0.2, -0.15) is 0 Å². The molecule has 52 heavy (non-hydrogen) atoms. The summed E-state index contributed by atoms with van der Waals surface area (Å²) in [6.45, 7) is 5.24. The van der Waals surface area contributed by atoms with E-state index in [4.69, 9.17) is 4.74 Å². The van der Waals surface area contributed by atoms with Crippen LogP contribution in [-0.2, 0) is 9.53 Å². The minimum absolute atomic E-state index is 0.0340. The molecule has 2 nitrogen and oxygen atoms in total. The van der Waals surface area contributed by atoms with Gasteiger partial charge in [-0.05, 0) is 12.8 Å². The highest BCUT2D eigenvalue weighted by Gasteiger charge is 2.03. The highest BCUT2D eigenvalue weighted by atomic mass is 16.5. The summed E-state index contributed by atoms with van der Waals surface area (Å²) in [4.78, 5) is 12.0. The van der Waals surface area contributed by atoms with Crippen LogP contribution in [-0.4, -0.2) is 12.6 Å². The summed E-state index contributed by atoms with van der Waals surface area (Å²) < 4.78 is 5.49. The van der Waals surface area contributed by atoms with Gasteiger partial charge in [-0.3, -0.25) is 4.79 Å². The Morgan fingerprint density at radius 1 is 0.250 bits per heavy atom. The monoisotopic (exact) mass is 733 g/mol. The number of hydrogen-bond acceptors (Lipinski definition) is 2. The van der Waals surface area contributed by atoms with Crippen molar-refractivity contribution in [1.82, 2.24) is 0 Å². The number of ether oxygens (including phenoxy) is 1. The van der Waals surface area contributed by atoms with Crippen LogP contribution in [0.25, 0.3) is 0 Å². The number of esters is 1. The van der Waals surface area contributed by atoms with Crippen molar-refractivity contribution in [2.75, 3.05) is 6.61 Å². The molecular formula is C50H100O2. The van der Waals surface area contributed by atoms with Gasteiger partial charge in [-0.25, -0.2) is 0 Å². The van der Waals surface area contributed by atoms with E-state index in [2.05, 4.69) is 13.8 Å². The SMILES string of the molecule is CCCCCCCCCCCCCCCCCCCCCCCCCCCCC(=O)OCCCCCCCCCCCCCCCCCCCCC. The second-order valence-corrected chi connectivity index (χ2v) is 17.2. The van der Waals surface area contributed by atoms with E-state index in [-0.39, 0.29) is 5.97 Å². The lowest BCUT2D eigenvalue weighted by molar-refractivity contribution is -0.143. The van der Waals surface area contributed by atoms with E-state index < -0.39 is 0 Å². The first-order valence-electron chi connectivity index (χ1n) is 25.0. The summed E-state index contributed by atoms with van der Waals surface area (Å²) in [7, 11) is 0. The zero-order chi connectivity index (χ0) is 37.5. The zero-order valence-corrected chi connectivity index (χ0v) is 36.6. The molecule has 0 radical (unpaired) electrons. The Labute approximate surface area is 330 Å². The molecule has 0 aromatic rings. The van der Waals surface area contributed by atoms with E-state index in [0.717, 1.165) is 12.8 Å². The lowest BCUT2D eigenvalue weighted by Gasteiger charge is -2.06. The first kappa shape index (κ1) is 51.5. The van der Waals surface area contributed by atoms with Crippen LogP contribution >= 0.6 is 0 Å². The Balaban J connectivity index is 3.14. The van der Waals surface area contributed by atoms with Gasteiger partial charge in [0.1, 0.15) is 0 Å². The van der Waals surface area contributed by atoms with Crippen molar-refractivity contribution in [3.8, 4) is 0 Å². The lowest BCUT2D eigenvalue weighted by atomic mass is 10.0. The quantitative estimate of drug-likeness (QED) is 0.0460. The Morgan fingerprint density at radius 2 is 0.423 bits per heavy atom. The molecule has 0 saturated heterocycles. The van der Waals surface area contributed by atoms with Crippen molar-refractivity contribution in [3.63, 3.8) is 0 Å². The van der Waals surface area contributed by atoms with Gasteiger partial charge < -0.3 is 4.74 Å². The zero-order valence-electron chi connectivity index (χ0n) is 36.6. The normalized spacial score (nSPS) is 11.5. The number of rotatable bonds is 47. The standard InChI is InChI=1S/C50H100O2/c1-3-5-7-9-11-13-15-17-19-21-23-24-25-26-27-28-29-30-32-34-36-38-40-42-44-46-48-50(51)52-49-47-45-43-41-39-37-35-33-31-22-20-18-16-14-12-10-8-6-4-2/h3-49H2,1-2H3. The average Bonchev–Trinajstić information content (AvgIpc) is 3.15. The predicted molar refractivity (Wildman–Crippen MR) is 235 cm³/mol. The number of hydrogen-bond donors (Lipinski definition) is 0. The first-order valence-corrected chi connectivity index (χ1v) is 25.0. The average molecular weight is 733 g/mol. The maximum absolute atomic E-state index is 12.0. The second kappa shape index (κ2) is 48.5. The van der Waals surface area contributed by atoms with Gasteiger partial charge in [-0.15, -0.1) is 0 Å². The minimum atomic E-state index is 0.0340. The van der Waals surface area contributed by atoms with E-state index in [0.29, 0.717) is 13.0 Å². The first-order chi connectivity index (χ1) is 25.8. The number of unbranched alkanes of at least 4 members (excludes halogenated alkanes) is 43. The summed E-state index contributed by atoms with van der Waals surface area (Å²) in [5.74, 6) is 0.0340. The molecule has 0 fully saturated rings. The van der Waals surface area contributed by atoms with E-state index in [1.54, 1.807) is 0 Å². The highest BCUT2D eigenvalue weighted by Crippen LogP contribution is 2.17. The van der Waals surface area contributed by atoms with Crippen LogP contribution in [0.15, 0.2) is 0 Å². The van der Waals surface area contributed by atoms with Crippen LogP contribution < -0.4 is 0 Å². The van der Waals surface area contributed by atoms with Gasteiger partial charge >= 0.3 is 5.97 Å². The fourth-order valence-corrected chi connectivity index (χ4v) is 8.02. The van der Waals surface area contributed by atoms with Crippen LogP contribution in [0.2, 0.25) is 0 Å². The summed E-state index contributed by atoms with van der Waals surface area (Å²) in [5.41, 5.74) is 0. The van der Waals surface area contributed by atoms with Crippen molar-refractivity contribution >= 4 is 5.97 Å². The molecule has 0 aromatic heterocycles. The van der Waals surface area contributed by atoms with Gasteiger partial charge in [-0.1, -0.05) is 290 Å². The Hall–Kier alpha value is -0.530. The third-order valence-corrected chi connectivity index (χ3v) is 11.7. The van der Waals surface area contributed by atoms with Crippen molar-refractivity contribution in [3.05, 3.63) is 0 Å². The lowest BCUT2D eigenvalue weighted by Crippen LogP contribution is -2.05. The molecule has 0 N–H and O–H groups in total. The van der Waals surface area contributed by atoms with Crippen molar-refractivity contribution in [1.29, 1.82) is 0 Å². The molecule has 0 atom stereocenters. The molecule has 312 valence electrons. The van der Waals surface area contributed by atoms with E-state index in [1.165, 1.54) is 276 Å². The van der Waals surface area contributed by atoms with E-state index >= 15 is 0 Å². The Morgan fingerprint density at radius 3 is 0.635 bits per heavy atom. The van der Waals surface area contributed by atoms with Crippen molar-refractivity contribution < 1.29 is 9.53 Å². The largest absolute Gasteiger partial charge is 0.466 e. The van der Waals surface area contributed by atoms with Gasteiger partial charge in [0.2, 0.25) is 0 Å². The summed E-state index contributed by atoms with van der Waals surface area (Å²) >= 11 is 0. The molecule has 0 spiro atoms. The maximum atomic E-state index is 12.0. The molecule has 0 aliphatic heterocycles. The van der Waals surface area contributed by atoms with Crippen LogP contribution in [0, 0.1) is 0 Å². The van der Waals surface area contributed by atoms with E-state index in [9.17, 15) is 4.79 Å². The summed E-state index contributed by atoms with van der Waals surface area (Å²) in [5, 5.41) is 0. The minimum Gasteiger partial charge on any atom is -0.466 e. The molecule has 0 unspecified atom stereocenters. The van der Waals surface area contributed by atoms with Gasteiger partial charge in [0.25, 0.3) is 0 Å². The van der Waals surface area contributed by atoms with Crippen LogP contribution in [0.4, 0.5) is 0 Å². The third-order valence-electron chi connectivity index (χ3n) is 11.7. The molecule has 2 heteroatoms. The summed E-state index contributed by atoms with van der Waals surface area (Å²) in [6.07, 6.45) is 63.9. The maximum Gasteiger partial charge on any atom is 0.305 e. The molecule has 0 saturated carbocycles. The molecule has 0 aliphatic carbocycles. The molecule has 0 rings (SSSR count). The molecule has 0 aromatic carbocycles. The highest BCUT2D eigenvalue weighted by molar-refractivity contribution is 5.69. The van der Waals surface area contributed by atoms with Gasteiger partial charge in [0.05, 0.1) is 6.61 Å². The topological polar surface area (TPSA) is 26.3 Å². The molecule has 0 bridgehead atoms. The molecule has 0 heterocycles. The Kier molecular flexibility index (Phi) is 48.0. The van der Waals surface area contributed by atoms with Crippen LogP contribution in [0.1, 0.15) is 309 Å². The fourth-order valence-electron chi connectivity index (χ4n) is 8.02. The number of carbonyl (C=O) groups excluding carboxylic acids is 1. The van der Waals surface area contributed by atoms with Crippen molar-refractivity contribution in [2.45, 2.75) is 309 Å². The van der Waals surface area contributed by atoms with Crippen LogP contribution in [0.5, 0.6) is 0 Å². The number of carbonyl (C=O) groups is 1. The summed E-state index contributed by atoms with van der Waals surface area (Å²) in [6, 6.07) is 0. The third kappa shape index (κ3) is 47.5. The predicted octanol–water partition coefficient (Wildman–Crippen LogP) is 18.5. The Bertz CT molecular complexity index is 630. The van der Waals surface area contributed by atoms with E-state index in [1.807, 2.05) is 0 Å². The smallest absolute Gasteiger partial charge is 0.305 e. The molecular weight excluding hydrogens is 633 g/mol. The van der Waals surface area contributed by atoms with Crippen molar-refractivity contribution in [2.24, 2.45) is 0 Å². The van der Waals surface area contributed by atoms with Crippen LogP contribution in [0.3, 0.4) is 0 Å². The second-order valence-electron chi connectivity index (χ2n) is 17.2. The molecule has 0 amide bonds. The fraction of sp³-hybridized carbons (Fsp3) is 0.980. The van der Waals surface area contributed by atoms with Gasteiger partial charge in [0.15, 0.2) is 0 Å². The van der Waals surface area contributed by atoms with Gasteiger partial charge in [0, 0.05) is 6.42 Å².